The maximum Gasteiger partial charge on any atom is 0.223 e. The molecule has 1 aliphatic rings. The Kier molecular flexibility index (Phi) is 5.57. The van der Waals surface area contributed by atoms with Crippen LogP contribution >= 0.6 is 0 Å². The molecule has 0 aromatic heterocycles. The van der Waals surface area contributed by atoms with Crippen molar-refractivity contribution >= 4 is 5.91 Å². The highest BCUT2D eigenvalue weighted by atomic mass is 16.2. The molecule has 1 aromatic rings. The lowest BCUT2D eigenvalue weighted by Gasteiger charge is -2.16. The molecule has 1 amide bonds. The van der Waals surface area contributed by atoms with Gasteiger partial charge < -0.3 is 10.2 Å². The summed E-state index contributed by atoms with van der Waals surface area (Å²) < 4.78 is 0. The number of nitrogens with zero attached hydrogens (tertiary/aromatic N) is 2. The fourth-order valence-electron chi connectivity index (χ4n) is 2.49. The van der Waals surface area contributed by atoms with Crippen molar-refractivity contribution in [3.63, 3.8) is 0 Å². The van der Waals surface area contributed by atoms with Crippen molar-refractivity contribution in [2.75, 3.05) is 26.2 Å². The van der Waals surface area contributed by atoms with E-state index in [1.54, 1.807) is 0 Å². The Morgan fingerprint density at radius 1 is 1.30 bits per heavy atom. The predicted octanol–water partition coefficient (Wildman–Crippen LogP) is 1.90. The van der Waals surface area contributed by atoms with Crippen LogP contribution in [-0.4, -0.2) is 37.0 Å². The number of carbonyl (C=O) groups is 1. The van der Waals surface area contributed by atoms with Crippen molar-refractivity contribution in [2.45, 2.75) is 25.2 Å². The van der Waals surface area contributed by atoms with E-state index in [1.165, 1.54) is 0 Å². The van der Waals surface area contributed by atoms with E-state index in [2.05, 4.69) is 11.4 Å². The number of hydrogen-bond acceptors (Lipinski definition) is 3. The highest BCUT2D eigenvalue weighted by Gasteiger charge is 2.17. The first-order chi connectivity index (χ1) is 9.81. The second-order valence-corrected chi connectivity index (χ2v) is 5.13. The second kappa shape index (κ2) is 7.66. The Morgan fingerprint density at radius 3 is 2.65 bits per heavy atom. The van der Waals surface area contributed by atoms with E-state index >= 15 is 0 Å². The van der Waals surface area contributed by atoms with Crippen LogP contribution in [0.5, 0.6) is 0 Å². The van der Waals surface area contributed by atoms with E-state index in [0.717, 1.165) is 31.5 Å². The molecule has 2 rings (SSSR count). The van der Waals surface area contributed by atoms with Crippen LogP contribution in [0.2, 0.25) is 0 Å². The molecular formula is C16H21N3O. The van der Waals surface area contributed by atoms with Crippen LogP contribution in [0.15, 0.2) is 30.3 Å². The SMILES string of the molecule is N#CC(CNCCC(=O)N1CCCC1)c1ccccc1. The smallest absolute Gasteiger partial charge is 0.223 e. The average Bonchev–Trinajstić information content (AvgIpc) is 3.02. The number of benzene rings is 1. The first kappa shape index (κ1) is 14.5. The molecular weight excluding hydrogens is 250 g/mol. The lowest BCUT2D eigenvalue weighted by atomic mass is 10.0. The number of nitriles is 1. The zero-order valence-electron chi connectivity index (χ0n) is 11.7. The molecule has 1 saturated heterocycles. The molecule has 106 valence electrons. The van der Waals surface area contributed by atoms with Crippen LogP contribution in [0, 0.1) is 11.3 Å². The van der Waals surface area contributed by atoms with Gasteiger partial charge in [0.15, 0.2) is 0 Å². The molecule has 1 aromatic carbocycles. The summed E-state index contributed by atoms with van der Waals surface area (Å²) in [5.74, 6) is 0.0707. The molecule has 0 radical (unpaired) electrons. The maximum absolute atomic E-state index is 11.9. The Bertz CT molecular complexity index is 460. The number of nitrogens with one attached hydrogen (secondary N) is 1. The van der Waals surface area contributed by atoms with Crippen LogP contribution in [0.3, 0.4) is 0 Å². The Morgan fingerprint density at radius 2 is 2.00 bits per heavy atom. The number of amides is 1. The molecule has 1 N–H and O–H groups in total. The summed E-state index contributed by atoms with van der Waals surface area (Å²) >= 11 is 0. The quantitative estimate of drug-likeness (QED) is 0.804. The van der Waals surface area contributed by atoms with E-state index in [1.807, 2.05) is 35.2 Å². The topological polar surface area (TPSA) is 56.1 Å². The molecule has 20 heavy (non-hydrogen) atoms. The van der Waals surface area contributed by atoms with E-state index in [4.69, 9.17) is 0 Å². The third kappa shape index (κ3) is 4.07. The Hall–Kier alpha value is -1.86. The molecule has 1 aliphatic heterocycles. The van der Waals surface area contributed by atoms with Crippen LogP contribution in [0.1, 0.15) is 30.7 Å². The van der Waals surface area contributed by atoms with Gasteiger partial charge in [0, 0.05) is 32.6 Å². The van der Waals surface area contributed by atoms with Crippen LogP contribution in [0.25, 0.3) is 0 Å². The van der Waals surface area contributed by atoms with E-state index in [-0.39, 0.29) is 11.8 Å². The predicted molar refractivity (Wildman–Crippen MR) is 78.1 cm³/mol. The first-order valence-electron chi connectivity index (χ1n) is 7.24. The van der Waals surface area contributed by atoms with E-state index in [0.29, 0.717) is 19.5 Å². The van der Waals surface area contributed by atoms with Crippen LogP contribution < -0.4 is 5.32 Å². The molecule has 4 heteroatoms. The molecule has 1 unspecified atom stereocenters. The molecule has 4 nitrogen and oxygen atoms in total. The number of likely N-dealkylation sites (tertiary alicyclic amines) is 1. The van der Waals surface area contributed by atoms with Gasteiger partial charge in [-0.1, -0.05) is 30.3 Å². The molecule has 1 heterocycles. The second-order valence-electron chi connectivity index (χ2n) is 5.13. The lowest BCUT2D eigenvalue weighted by Crippen LogP contribution is -2.31. The van der Waals surface area contributed by atoms with Crippen molar-refractivity contribution in [1.29, 1.82) is 5.26 Å². The molecule has 1 atom stereocenters. The number of hydrogen-bond donors (Lipinski definition) is 1. The highest BCUT2D eigenvalue weighted by molar-refractivity contribution is 5.76. The van der Waals surface area contributed by atoms with Crippen LogP contribution in [-0.2, 0) is 4.79 Å². The molecule has 1 fully saturated rings. The molecule has 0 bridgehead atoms. The highest BCUT2D eigenvalue weighted by Crippen LogP contribution is 2.13. The standard InChI is InChI=1S/C16H21N3O/c17-12-15(14-6-2-1-3-7-14)13-18-9-8-16(20)19-10-4-5-11-19/h1-3,6-7,15,18H,4-5,8-11,13H2. The van der Waals surface area contributed by atoms with Gasteiger partial charge in [-0.3, -0.25) is 4.79 Å². The van der Waals surface area contributed by atoms with Gasteiger partial charge >= 0.3 is 0 Å². The summed E-state index contributed by atoms with van der Waals surface area (Å²) in [6.45, 7) is 3.04. The van der Waals surface area contributed by atoms with Crippen molar-refractivity contribution < 1.29 is 4.79 Å². The average molecular weight is 271 g/mol. The minimum atomic E-state index is -0.155. The summed E-state index contributed by atoms with van der Waals surface area (Å²) in [5.41, 5.74) is 1.02. The van der Waals surface area contributed by atoms with Gasteiger partial charge in [-0.25, -0.2) is 0 Å². The fraction of sp³-hybridized carbons (Fsp3) is 0.500. The lowest BCUT2D eigenvalue weighted by molar-refractivity contribution is -0.130. The fourth-order valence-corrected chi connectivity index (χ4v) is 2.49. The van der Waals surface area contributed by atoms with Gasteiger partial charge in [0.2, 0.25) is 5.91 Å². The zero-order valence-corrected chi connectivity index (χ0v) is 11.7. The largest absolute Gasteiger partial charge is 0.343 e. The van der Waals surface area contributed by atoms with Gasteiger partial charge in [0.05, 0.1) is 12.0 Å². The Labute approximate surface area is 120 Å². The maximum atomic E-state index is 11.9. The molecule has 0 spiro atoms. The van der Waals surface area contributed by atoms with E-state index < -0.39 is 0 Å². The molecule has 0 aliphatic carbocycles. The van der Waals surface area contributed by atoms with Crippen molar-refractivity contribution in [3.05, 3.63) is 35.9 Å². The van der Waals surface area contributed by atoms with E-state index in [9.17, 15) is 10.1 Å². The van der Waals surface area contributed by atoms with Crippen molar-refractivity contribution in [3.8, 4) is 6.07 Å². The third-order valence-corrected chi connectivity index (χ3v) is 3.68. The third-order valence-electron chi connectivity index (χ3n) is 3.68. The zero-order chi connectivity index (χ0) is 14.2. The number of rotatable bonds is 6. The summed E-state index contributed by atoms with van der Waals surface area (Å²) in [6, 6.07) is 12.1. The summed E-state index contributed by atoms with van der Waals surface area (Å²) in [6.07, 6.45) is 2.78. The van der Waals surface area contributed by atoms with Crippen molar-refractivity contribution in [2.24, 2.45) is 0 Å². The van der Waals surface area contributed by atoms with Gasteiger partial charge in [-0.05, 0) is 18.4 Å². The van der Waals surface area contributed by atoms with Gasteiger partial charge in [0.25, 0.3) is 0 Å². The Balaban J connectivity index is 1.69. The van der Waals surface area contributed by atoms with Gasteiger partial charge in [-0.2, -0.15) is 5.26 Å². The van der Waals surface area contributed by atoms with Crippen molar-refractivity contribution in [1.82, 2.24) is 10.2 Å². The number of carbonyl (C=O) groups excluding carboxylic acids is 1. The normalized spacial score (nSPS) is 15.8. The summed E-state index contributed by atoms with van der Waals surface area (Å²) in [5, 5.41) is 12.4. The first-order valence-corrected chi connectivity index (χ1v) is 7.24. The van der Waals surface area contributed by atoms with Gasteiger partial charge in [0.1, 0.15) is 0 Å². The van der Waals surface area contributed by atoms with Crippen LogP contribution in [0.4, 0.5) is 0 Å². The summed E-state index contributed by atoms with van der Waals surface area (Å²) in [4.78, 5) is 13.8. The molecule has 0 saturated carbocycles. The monoisotopic (exact) mass is 271 g/mol. The summed E-state index contributed by atoms with van der Waals surface area (Å²) in [7, 11) is 0. The van der Waals surface area contributed by atoms with Gasteiger partial charge in [-0.15, -0.1) is 0 Å². The minimum Gasteiger partial charge on any atom is -0.343 e. The minimum absolute atomic E-state index is 0.155.